The minimum Gasteiger partial charge on any atom is -0.438 e. The van der Waals surface area contributed by atoms with Crippen molar-refractivity contribution in [3.63, 3.8) is 0 Å². The van der Waals surface area contributed by atoms with Crippen LogP contribution in [0.15, 0.2) is 41.0 Å². The average molecular weight is 278 g/mol. The van der Waals surface area contributed by atoms with Crippen LogP contribution in [0.25, 0.3) is 0 Å². The molecule has 0 aliphatic carbocycles. The number of hydrogen-bond acceptors (Lipinski definition) is 2. The molecule has 0 saturated carbocycles. The molecule has 0 N–H and O–H groups in total. The second-order valence-electron chi connectivity index (χ2n) is 3.71. The van der Waals surface area contributed by atoms with Crippen molar-refractivity contribution in [2.75, 3.05) is 0 Å². The molecule has 1 aromatic heterocycles. The molecule has 3 heteroatoms. The summed E-state index contributed by atoms with van der Waals surface area (Å²) in [7, 11) is 0. The van der Waals surface area contributed by atoms with Gasteiger partial charge in [0.2, 0.25) is 5.88 Å². The zero-order valence-electron chi connectivity index (χ0n) is 9.20. The molecule has 1 aromatic carbocycles. The molecule has 1 heterocycles. The van der Waals surface area contributed by atoms with Crippen molar-refractivity contribution in [3.05, 3.63) is 52.1 Å². The topological polar surface area (TPSA) is 22.1 Å². The number of hydrogen-bond donors (Lipinski definition) is 0. The van der Waals surface area contributed by atoms with Crippen molar-refractivity contribution >= 4 is 15.9 Å². The molecule has 2 rings (SSSR count). The van der Waals surface area contributed by atoms with Gasteiger partial charge < -0.3 is 4.74 Å². The van der Waals surface area contributed by atoms with Crippen LogP contribution in [0.5, 0.6) is 11.6 Å². The highest BCUT2D eigenvalue weighted by Gasteiger charge is 2.04. The van der Waals surface area contributed by atoms with E-state index in [1.807, 2.05) is 44.2 Å². The number of pyridine rings is 1. The van der Waals surface area contributed by atoms with Gasteiger partial charge in [-0.3, -0.25) is 0 Å². The maximum atomic E-state index is 5.66. The van der Waals surface area contributed by atoms with Crippen molar-refractivity contribution in [1.29, 1.82) is 0 Å². The van der Waals surface area contributed by atoms with Crippen LogP contribution in [-0.4, -0.2) is 4.98 Å². The zero-order valence-corrected chi connectivity index (χ0v) is 10.8. The van der Waals surface area contributed by atoms with Gasteiger partial charge in [0.05, 0.1) is 4.47 Å². The molecule has 0 atom stereocenters. The Kier molecular flexibility index (Phi) is 3.25. The van der Waals surface area contributed by atoms with Gasteiger partial charge in [0.15, 0.2) is 0 Å². The van der Waals surface area contributed by atoms with Crippen LogP contribution in [0.1, 0.15) is 11.1 Å². The lowest BCUT2D eigenvalue weighted by Gasteiger charge is -2.07. The van der Waals surface area contributed by atoms with Gasteiger partial charge in [-0.05, 0) is 53.5 Å². The first kappa shape index (κ1) is 11.1. The smallest absolute Gasteiger partial charge is 0.233 e. The van der Waals surface area contributed by atoms with Crippen LogP contribution in [-0.2, 0) is 0 Å². The molecular weight excluding hydrogens is 266 g/mol. The van der Waals surface area contributed by atoms with Gasteiger partial charge >= 0.3 is 0 Å². The fourth-order valence-corrected chi connectivity index (χ4v) is 1.86. The van der Waals surface area contributed by atoms with E-state index in [-0.39, 0.29) is 0 Å². The quantitative estimate of drug-likeness (QED) is 0.819. The second-order valence-corrected chi connectivity index (χ2v) is 4.57. The Morgan fingerprint density at radius 3 is 2.38 bits per heavy atom. The lowest BCUT2D eigenvalue weighted by Crippen LogP contribution is -1.89. The van der Waals surface area contributed by atoms with Crippen molar-refractivity contribution in [2.24, 2.45) is 0 Å². The molecule has 0 fully saturated rings. The van der Waals surface area contributed by atoms with Crippen LogP contribution in [0, 0.1) is 13.8 Å². The Bertz CT molecular complexity index is 494. The summed E-state index contributed by atoms with van der Waals surface area (Å²) >= 11 is 3.43. The van der Waals surface area contributed by atoms with E-state index in [2.05, 4.69) is 20.9 Å². The first-order valence-corrected chi connectivity index (χ1v) is 5.81. The Labute approximate surface area is 103 Å². The summed E-state index contributed by atoms with van der Waals surface area (Å²) in [6.07, 6.45) is 1.79. The largest absolute Gasteiger partial charge is 0.438 e. The van der Waals surface area contributed by atoms with Gasteiger partial charge in [-0.15, -0.1) is 0 Å². The normalized spacial score (nSPS) is 10.2. The van der Waals surface area contributed by atoms with Crippen LogP contribution < -0.4 is 4.74 Å². The number of benzene rings is 1. The van der Waals surface area contributed by atoms with Gasteiger partial charge in [0, 0.05) is 6.20 Å². The van der Waals surface area contributed by atoms with E-state index in [4.69, 9.17) is 4.74 Å². The van der Waals surface area contributed by atoms with Crippen molar-refractivity contribution in [3.8, 4) is 11.6 Å². The number of halogens is 1. The van der Waals surface area contributed by atoms with E-state index in [1.54, 1.807) is 6.20 Å². The molecule has 82 valence electrons. The van der Waals surface area contributed by atoms with Crippen LogP contribution in [0.3, 0.4) is 0 Å². The summed E-state index contributed by atoms with van der Waals surface area (Å²) in [6.45, 7) is 4.04. The molecule has 0 aliphatic rings. The molecule has 16 heavy (non-hydrogen) atoms. The van der Waals surface area contributed by atoms with Gasteiger partial charge in [0.25, 0.3) is 0 Å². The van der Waals surface area contributed by atoms with E-state index >= 15 is 0 Å². The molecule has 0 amide bonds. The van der Waals surface area contributed by atoms with E-state index in [0.29, 0.717) is 5.88 Å². The molecule has 2 aromatic rings. The number of aryl methyl sites for hydroxylation is 2. The number of rotatable bonds is 2. The Morgan fingerprint density at radius 1 is 1.06 bits per heavy atom. The molecule has 0 aliphatic heterocycles. The predicted molar refractivity (Wildman–Crippen MR) is 67.9 cm³/mol. The Morgan fingerprint density at radius 2 is 1.75 bits per heavy atom. The first-order valence-electron chi connectivity index (χ1n) is 5.02. The molecule has 0 saturated heterocycles. The number of nitrogens with zero attached hydrogens (tertiary/aromatic N) is 1. The average Bonchev–Trinajstić information content (AvgIpc) is 2.25. The maximum absolute atomic E-state index is 5.66. The van der Waals surface area contributed by atoms with Gasteiger partial charge in [0.1, 0.15) is 5.75 Å². The lowest BCUT2D eigenvalue weighted by molar-refractivity contribution is 0.459. The summed E-state index contributed by atoms with van der Waals surface area (Å²) in [5.41, 5.74) is 2.31. The van der Waals surface area contributed by atoms with Crippen LogP contribution in [0.2, 0.25) is 0 Å². The molecule has 0 unspecified atom stereocenters. The highest BCUT2D eigenvalue weighted by Crippen LogP contribution is 2.27. The fraction of sp³-hybridized carbons (Fsp3) is 0.154. The fourth-order valence-electron chi connectivity index (χ4n) is 1.31. The van der Waals surface area contributed by atoms with E-state index in [1.165, 1.54) is 5.56 Å². The summed E-state index contributed by atoms with van der Waals surface area (Å²) in [5.74, 6) is 1.39. The minimum absolute atomic E-state index is 0.592. The Hall–Kier alpha value is -1.35. The lowest BCUT2D eigenvalue weighted by atomic mass is 10.2. The molecule has 0 spiro atoms. The molecule has 2 nitrogen and oxygen atoms in total. The zero-order chi connectivity index (χ0) is 11.5. The standard InChI is InChI=1S/C13H12BrNO/c1-9-3-5-11(6-4-9)16-13-12(14)7-10(2)8-15-13/h3-8H,1-2H3. The predicted octanol–water partition coefficient (Wildman–Crippen LogP) is 4.25. The molecule has 0 bridgehead atoms. The van der Waals surface area contributed by atoms with Crippen molar-refractivity contribution < 1.29 is 4.74 Å². The molecular formula is C13H12BrNO. The second kappa shape index (κ2) is 4.66. The third kappa shape index (κ3) is 2.61. The van der Waals surface area contributed by atoms with E-state index < -0.39 is 0 Å². The van der Waals surface area contributed by atoms with E-state index in [9.17, 15) is 0 Å². The summed E-state index contributed by atoms with van der Waals surface area (Å²) < 4.78 is 6.53. The van der Waals surface area contributed by atoms with Crippen LogP contribution in [0.4, 0.5) is 0 Å². The first-order chi connectivity index (χ1) is 7.65. The van der Waals surface area contributed by atoms with Gasteiger partial charge in [-0.1, -0.05) is 17.7 Å². The van der Waals surface area contributed by atoms with Gasteiger partial charge in [-0.2, -0.15) is 0 Å². The minimum atomic E-state index is 0.592. The highest BCUT2D eigenvalue weighted by atomic mass is 79.9. The Balaban J connectivity index is 2.23. The van der Waals surface area contributed by atoms with Crippen molar-refractivity contribution in [1.82, 2.24) is 4.98 Å². The van der Waals surface area contributed by atoms with E-state index in [0.717, 1.165) is 15.8 Å². The number of aromatic nitrogens is 1. The van der Waals surface area contributed by atoms with Crippen LogP contribution >= 0.6 is 15.9 Å². The monoisotopic (exact) mass is 277 g/mol. The summed E-state index contributed by atoms with van der Waals surface area (Å²) in [4.78, 5) is 4.23. The molecule has 0 radical (unpaired) electrons. The number of ether oxygens (including phenoxy) is 1. The SMILES string of the molecule is Cc1ccc(Oc2ncc(C)cc2Br)cc1. The third-order valence-corrected chi connectivity index (χ3v) is 2.75. The van der Waals surface area contributed by atoms with Gasteiger partial charge in [-0.25, -0.2) is 4.98 Å². The third-order valence-electron chi connectivity index (χ3n) is 2.18. The maximum Gasteiger partial charge on any atom is 0.233 e. The summed E-state index contributed by atoms with van der Waals surface area (Å²) in [5, 5.41) is 0. The van der Waals surface area contributed by atoms with Crippen molar-refractivity contribution in [2.45, 2.75) is 13.8 Å². The summed E-state index contributed by atoms with van der Waals surface area (Å²) in [6, 6.07) is 9.87. The highest BCUT2D eigenvalue weighted by molar-refractivity contribution is 9.10.